The Morgan fingerprint density at radius 2 is 1.97 bits per heavy atom. The van der Waals surface area contributed by atoms with E-state index in [-0.39, 0.29) is 13.2 Å². The number of thiophene rings is 2. The first kappa shape index (κ1) is 22.6. The van der Waals surface area contributed by atoms with Gasteiger partial charge in [-0.15, -0.1) is 22.7 Å². The van der Waals surface area contributed by atoms with Gasteiger partial charge in [0.2, 0.25) is 0 Å². The van der Waals surface area contributed by atoms with Crippen LogP contribution in [-0.2, 0) is 14.3 Å². The molecule has 3 aromatic rings. The van der Waals surface area contributed by atoms with Crippen LogP contribution in [0.5, 0.6) is 5.75 Å². The van der Waals surface area contributed by atoms with Crippen molar-refractivity contribution in [2.75, 3.05) is 25.6 Å². The number of hydrogen-bond acceptors (Lipinski definition) is 8. The van der Waals surface area contributed by atoms with E-state index in [1.54, 1.807) is 6.92 Å². The molecule has 0 aliphatic heterocycles. The smallest absolute Gasteiger partial charge is 0.351 e. The zero-order chi connectivity index (χ0) is 22.5. The first-order valence-corrected chi connectivity index (χ1v) is 12.6. The number of rotatable bonds is 8. The molecule has 6 nitrogen and oxygen atoms in total. The fourth-order valence-electron chi connectivity index (χ4n) is 4.01. The lowest BCUT2D eigenvalue weighted by Crippen LogP contribution is -2.22. The van der Waals surface area contributed by atoms with Crippen LogP contribution in [0, 0.1) is 0 Å². The van der Waals surface area contributed by atoms with Crippen molar-refractivity contribution in [3.05, 3.63) is 34.5 Å². The second-order valence-corrected chi connectivity index (χ2v) is 9.61. The standard InChI is InChI=1S/C24H27NO5S2/c1-3-29-19(26)13-30-20-22-21(32-23(20)24(27)28-2)18(14-31-22)15-8-7-11-17(12-15)25-16-9-5-4-6-10-16/h7-8,11-12,14,16,25H,3-6,9-10,13H2,1-2H3. The molecule has 170 valence electrons. The van der Waals surface area contributed by atoms with Gasteiger partial charge in [0.15, 0.2) is 17.2 Å². The maximum atomic E-state index is 12.4. The molecule has 1 aliphatic rings. The Bertz CT molecular complexity index is 1100. The molecule has 1 aromatic carbocycles. The van der Waals surface area contributed by atoms with Crippen LogP contribution in [0.15, 0.2) is 29.6 Å². The number of fused-ring (bicyclic) bond motifs is 1. The molecule has 0 atom stereocenters. The first-order valence-electron chi connectivity index (χ1n) is 10.9. The van der Waals surface area contributed by atoms with E-state index in [4.69, 9.17) is 14.2 Å². The maximum Gasteiger partial charge on any atom is 0.351 e. The van der Waals surface area contributed by atoms with Gasteiger partial charge in [-0.3, -0.25) is 0 Å². The van der Waals surface area contributed by atoms with E-state index in [0.717, 1.165) is 26.2 Å². The van der Waals surface area contributed by atoms with Gasteiger partial charge in [-0.25, -0.2) is 9.59 Å². The highest BCUT2D eigenvalue weighted by molar-refractivity contribution is 7.29. The largest absolute Gasteiger partial charge is 0.479 e. The SMILES string of the molecule is CCOC(=O)COc1c(C(=O)OC)sc2c(-c3cccc(NC4CCCCC4)c3)csc12. The Balaban J connectivity index is 1.64. The fraction of sp³-hybridized carbons (Fsp3) is 0.417. The number of methoxy groups -OCH3 is 1. The maximum absolute atomic E-state index is 12.4. The van der Waals surface area contributed by atoms with Crippen LogP contribution >= 0.6 is 22.7 Å². The lowest BCUT2D eigenvalue weighted by atomic mass is 9.95. The van der Waals surface area contributed by atoms with Crippen molar-refractivity contribution in [1.29, 1.82) is 0 Å². The molecule has 1 fully saturated rings. The summed E-state index contributed by atoms with van der Waals surface area (Å²) in [6, 6.07) is 8.91. The van der Waals surface area contributed by atoms with Gasteiger partial charge in [-0.1, -0.05) is 31.4 Å². The molecule has 1 N–H and O–H groups in total. The number of carbonyl (C=O) groups excluding carboxylic acids is 2. The van der Waals surface area contributed by atoms with Gasteiger partial charge in [0, 0.05) is 22.7 Å². The average Bonchev–Trinajstić information content (AvgIpc) is 3.38. The van der Waals surface area contributed by atoms with Crippen molar-refractivity contribution in [3.63, 3.8) is 0 Å². The third kappa shape index (κ3) is 4.91. The summed E-state index contributed by atoms with van der Waals surface area (Å²) < 4.78 is 17.4. The molecule has 4 rings (SSSR count). The quantitative estimate of drug-likeness (QED) is 0.398. The molecule has 1 saturated carbocycles. The number of carbonyl (C=O) groups is 2. The fourth-order valence-corrected chi connectivity index (χ4v) is 6.49. The first-order chi connectivity index (χ1) is 15.6. The van der Waals surface area contributed by atoms with E-state index in [0.29, 0.717) is 16.7 Å². The van der Waals surface area contributed by atoms with Gasteiger partial charge >= 0.3 is 11.9 Å². The van der Waals surface area contributed by atoms with Crippen LogP contribution in [0.3, 0.4) is 0 Å². The molecule has 2 aromatic heterocycles. The summed E-state index contributed by atoms with van der Waals surface area (Å²) in [5.41, 5.74) is 3.22. The number of benzene rings is 1. The van der Waals surface area contributed by atoms with E-state index in [9.17, 15) is 9.59 Å². The number of nitrogens with one attached hydrogen (secondary N) is 1. The van der Waals surface area contributed by atoms with Crippen LogP contribution in [-0.4, -0.2) is 38.3 Å². The second kappa shape index (κ2) is 10.4. The van der Waals surface area contributed by atoms with E-state index < -0.39 is 11.9 Å². The Morgan fingerprint density at radius 1 is 1.16 bits per heavy atom. The molecule has 0 amide bonds. The van der Waals surface area contributed by atoms with E-state index in [1.807, 2.05) is 0 Å². The monoisotopic (exact) mass is 473 g/mol. The zero-order valence-corrected chi connectivity index (χ0v) is 19.9. The van der Waals surface area contributed by atoms with Crippen LogP contribution < -0.4 is 10.1 Å². The van der Waals surface area contributed by atoms with Crippen molar-refractivity contribution in [2.24, 2.45) is 0 Å². The van der Waals surface area contributed by atoms with Gasteiger partial charge < -0.3 is 19.5 Å². The van der Waals surface area contributed by atoms with Crippen LogP contribution in [0.25, 0.3) is 20.5 Å². The van der Waals surface area contributed by atoms with Crippen molar-refractivity contribution in [2.45, 2.75) is 45.1 Å². The van der Waals surface area contributed by atoms with E-state index in [1.165, 1.54) is 61.9 Å². The molecule has 0 spiro atoms. The molecular formula is C24H27NO5S2. The van der Waals surface area contributed by atoms with Crippen LogP contribution in [0.1, 0.15) is 48.7 Å². The molecular weight excluding hydrogens is 446 g/mol. The Morgan fingerprint density at radius 3 is 2.72 bits per heavy atom. The van der Waals surface area contributed by atoms with Gasteiger partial charge in [-0.2, -0.15) is 0 Å². The summed E-state index contributed by atoms with van der Waals surface area (Å²) in [7, 11) is 1.34. The van der Waals surface area contributed by atoms with Crippen LogP contribution in [0.2, 0.25) is 0 Å². The molecule has 32 heavy (non-hydrogen) atoms. The van der Waals surface area contributed by atoms with Crippen molar-refractivity contribution < 1.29 is 23.8 Å². The van der Waals surface area contributed by atoms with Gasteiger partial charge in [0.1, 0.15) is 0 Å². The van der Waals surface area contributed by atoms with Gasteiger partial charge in [-0.05, 0) is 37.5 Å². The average molecular weight is 474 g/mol. The second-order valence-electron chi connectivity index (χ2n) is 7.71. The van der Waals surface area contributed by atoms with Gasteiger partial charge in [0.05, 0.1) is 23.1 Å². The lowest BCUT2D eigenvalue weighted by molar-refractivity contribution is -0.145. The zero-order valence-electron chi connectivity index (χ0n) is 18.3. The van der Waals surface area contributed by atoms with E-state index >= 15 is 0 Å². The molecule has 1 aliphatic carbocycles. The predicted octanol–water partition coefficient (Wildman–Crippen LogP) is 6.10. The highest BCUT2D eigenvalue weighted by atomic mass is 32.1. The summed E-state index contributed by atoms with van der Waals surface area (Å²) >= 11 is 2.83. The summed E-state index contributed by atoms with van der Waals surface area (Å²) in [6.45, 7) is 1.76. The van der Waals surface area contributed by atoms with Crippen molar-refractivity contribution >= 4 is 49.7 Å². The van der Waals surface area contributed by atoms with Crippen LogP contribution in [0.4, 0.5) is 5.69 Å². The van der Waals surface area contributed by atoms with Crippen molar-refractivity contribution in [3.8, 4) is 16.9 Å². The third-order valence-electron chi connectivity index (χ3n) is 5.52. The Hall–Kier alpha value is -2.58. The minimum Gasteiger partial charge on any atom is -0.479 e. The summed E-state index contributed by atoms with van der Waals surface area (Å²) in [4.78, 5) is 24.5. The summed E-state index contributed by atoms with van der Waals surface area (Å²) in [5.74, 6) is -0.561. The predicted molar refractivity (Wildman–Crippen MR) is 129 cm³/mol. The van der Waals surface area contributed by atoms with Crippen molar-refractivity contribution in [1.82, 2.24) is 0 Å². The molecule has 8 heteroatoms. The Kier molecular flexibility index (Phi) is 7.32. The number of hydrogen-bond donors (Lipinski definition) is 1. The highest BCUT2D eigenvalue weighted by Crippen LogP contribution is 2.47. The summed E-state index contributed by atoms with van der Waals surface area (Å²) in [5, 5.41) is 5.75. The minimum absolute atomic E-state index is 0.252. The number of anilines is 1. The molecule has 0 bridgehead atoms. The highest BCUT2D eigenvalue weighted by Gasteiger charge is 2.25. The number of ether oxygens (including phenoxy) is 3. The van der Waals surface area contributed by atoms with E-state index in [2.05, 4.69) is 35.0 Å². The molecule has 0 saturated heterocycles. The topological polar surface area (TPSA) is 73.9 Å². The molecule has 2 heterocycles. The Labute approximate surface area is 195 Å². The molecule has 0 unspecified atom stereocenters. The molecule has 0 radical (unpaired) electrons. The minimum atomic E-state index is -0.476. The third-order valence-corrected chi connectivity index (χ3v) is 7.81. The van der Waals surface area contributed by atoms with Gasteiger partial charge in [0.25, 0.3) is 0 Å². The number of esters is 2. The lowest BCUT2D eigenvalue weighted by Gasteiger charge is -2.24. The summed E-state index contributed by atoms with van der Waals surface area (Å²) in [6.07, 6.45) is 6.31. The normalized spacial score (nSPS) is 14.3.